The van der Waals surface area contributed by atoms with Gasteiger partial charge in [-0.25, -0.2) is 9.78 Å². The van der Waals surface area contributed by atoms with Crippen molar-refractivity contribution in [2.45, 2.75) is 6.61 Å². The number of nitrogens with one attached hydrogen (secondary N) is 1. The first-order valence-corrected chi connectivity index (χ1v) is 11.9. The van der Waals surface area contributed by atoms with Crippen LogP contribution in [0.15, 0.2) is 112 Å². The Morgan fingerprint density at radius 2 is 1.58 bits per heavy atom. The summed E-state index contributed by atoms with van der Waals surface area (Å²) in [6.45, 7) is 0.246. The van der Waals surface area contributed by atoms with Gasteiger partial charge < -0.3 is 14.1 Å². The molecule has 36 heavy (non-hydrogen) atoms. The van der Waals surface area contributed by atoms with Crippen LogP contribution in [0.3, 0.4) is 0 Å². The average Bonchev–Trinajstić information content (AvgIpc) is 2.92. The maximum Gasteiger partial charge on any atom is 0.336 e. The fraction of sp³-hybridized carbons (Fsp3) is 0.0333. The predicted octanol–water partition coefficient (Wildman–Crippen LogP) is 7.31. The number of fused-ring (bicyclic) bond motifs is 3. The van der Waals surface area contributed by atoms with Gasteiger partial charge in [0.2, 0.25) is 0 Å². The van der Waals surface area contributed by atoms with Crippen molar-refractivity contribution in [2.24, 2.45) is 0 Å². The molecule has 6 heteroatoms. The van der Waals surface area contributed by atoms with Crippen LogP contribution in [0.5, 0.6) is 5.75 Å². The maximum atomic E-state index is 12.3. The summed E-state index contributed by atoms with van der Waals surface area (Å²) in [5, 5.41) is 2.79. The molecule has 0 unspecified atom stereocenters. The summed E-state index contributed by atoms with van der Waals surface area (Å²) in [4.78, 5) is 19.9. The van der Waals surface area contributed by atoms with E-state index in [1.165, 1.54) is 6.07 Å². The minimum absolute atomic E-state index is 0.246. The SMILES string of the molecule is O=c1cc(COc2ccc(-c3cc(-c4ccccc4)nc(=S)[nH]3)cc2)c2ccc3ccccc3c2o1. The summed E-state index contributed by atoms with van der Waals surface area (Å²) in [6, 6.07) is 33.0. The quantitative estimate of drug-likeness (QED) is 0.157. The molecule has 0 spiro atoms. The van der Waals surface area contributed by atoms with Gasteiger partial charge in [0.15, 0.2) is 4.77 Å². The minimum Gasteiger partial charge on any atom is -0.489 e. The molecule has 0 atom stereocenters. The molecule has 0 bridgehead atoms. The Labute approximate surface area is 211 Å². The Morgan fingerprint density at radius 1 is 0.806 bits per heavy atom. The van der Waals surface area contributed by atoms with Crippen molar-refractivity contribution < 1.29 is 9.15 Å². The van der Waals surface area contributed by atoms with Gasteiger partial charge in [-0.2, -0.15) is 0 Å². The summed E-state index contributed by atoms with van der Waals surface area (Å²) in [7, 11) is 0. The Bertz CT molecular complexity index is 1820. The molecule has 0 radical (unpaired) electrons. The van der Waals surface area contributed by atoms with Crippen LogP contribution in [-0.2, 0) is 6.61 Å². The van der Waals surface area contributed by atoms with Gasteiger partial charge in [0, 0.05) is 33.7 Å². The van der Waals surface area contributed by atoms with E-state index in [0.29, 0.717) is 16.1 Å². The van der Waals surface area contributed by atoms with Crippen LogP contribution in [-0.4, -0.2) is 9.97 Å². The number of nitrogens with zero attached hydrogens (tertiary/aromatic N) is 1. The van der Waals surface area contributed by atoms with E-state index in [2.05, 4.69) is 9.97 Å². The van der Waals surface area contributed by atoms with Crippen molar-refractivity contribution >= 4 is 34.0 Å². The van der Waals surface area contributed by atoms with Gasteiger partial charge in [0.25, 0.3) is 0 Å². The van der Waals surface area contributed by atoms with Gasteiger partial charge in [-0.3, -0.25) is 0 Å². The van der Waals surface area contributed by atoms with Gasteiger partial charge in [-0.15, -0.1) is 0 Å². The molecule has 0 saturated carbocycles. The highest BCUT2D eigenvalue weighted by molar-refractivity contribution is 7.71. The van der Waals surface area contributed by atoms with E-state index in [9.17, 15) is 4.79 Å². The van der Waals surface area contributed by atoms with E-state index < -0.39 is 5.63 Å². The fourth-order valence-corrected chi connectivity index (χ4v) is 4.55. The number of hydrogen-bond donors (Lipinski definition) is 1. The Kier molecular flexibility index (Phi) is 5.64. The van der Waals surface area contributed by atoms with Gasteiger partial charge >= 0.3 is 5.63 Å². The highest BCUT2D eigenvalue weighted by atomic mass is 32.1. The molecule has 0 aliphatic rings. The summed E-state index contributed by atoms with van der Waals surface area (Å²) in [5.74, 6) is 0.692. The molecule has 0 amide bonds. The van der Waals surface area contributed by atoms with Gasteiger partial charge in [-0.05, 0) is 53.5 Å². The average molecular weight is 489 g/mol. The third-order valence-corrected chi connectivity index (χ3v) is 6.29. The van der Waals surface area contributed by atoms with Crippen molar-refractivity contribution in [3.8, 4) is 28.3 Å². The zero-order chi connectivity index (χ0) is 24.5. The number of ether oxygens (including phenoxy) is 1. The van der Waals surface area contributed by atoms with E-state index in [-0.39, 0.29) is 6.61 Å². The fourth-order valence-electron chi connectivity index (χ4n) is 4.34. The Hall–Kier alpha value is -4.55. The van der Waals surface area contributed by atoms with E-state index >= 15 is 0 Å². The lowest BCUT2D eigenvalue weighted by atomic mass is 10.0. The van der Waals surface area contributed by atoms with Gasteiger partial charge in [-0.1, -0.05) is 66.7 Å². The molecule has 2 heterocycles. The first kappa shape index (κ1) is 21.9. The highest BCUT2D eigenvalue weighted by Crippen LogP contribution is 2.28. The number of aromatic nitrogens is 2. The van der Waals surface area contributed by atoms with Crippen molar-refractivity contribution in [3.63, 3.8) is 0 Å². The zero-order valence-electron chi connectivity index (χ0n) is 19.1. The number of hydrogen-bond acceptors (Lipinski definition) is 5. The van der Waals surface area contributed by atoms with Crippen molar-refractivity contribution in [1.82, 2.24) is 9.97 Å². The number of benzene rings is 4. The lowest BCUT2D eigenvalue weighted by Crippen LogP contribution is -2.04. The molecule has 2 aromatic heterocycles. The minimum atomic E-state index is -0.394. The molecule has 4 aromatic carbocycles. The van der Waals surface area contributed by atoms with Crippen LogP contribution in [0.25, 0.3) is 44.3 Å². The van der Waals surface area contributed by atoms with Crippen molar-refractivity contribution in [3.05, 3.63) is 124 Å². The molecule has 0 fully saturated rings. The van der Waals surface area contributed by atoms with Gasteiger partial charge in [0.1, 0.15) is 17.9 Å². The first-order valence-electron chi connectivity index (χ1n) is 11.5. The van der Waals surface area contributed by atoms with E-state index in [1.807, 2.05) is 97.1 Å². The second-order valence-electron chi connectivity index (χ2n) is 8.42. The molecule has 0 saturated heterocycles. The third-order valence-electron chi connectivity index (χ3n) is 6.09. The van der Waals surface area contributed by atoms with Crippen LogP contribution < -0.4 is 10.4 Å². The van der Waals surface area contributed by atoms with Crippen molar-refractivity contribution in [1.29, 1.82) is 0 Å². The largest absolute Gasteiger partial charge is 0.489 e. The monoisotopic (exact) mass is 488 g/mol. The Morgan fingerprint density at radius 3 is 2.42 bits per heavy atom. The number of aromatic amines is 1. The van der Waals surface area contributed by atoms with E-state index in [0.717, 1.165) is 44.2 Å². The third kappa shape index (κ3) is 4.30. The molecule has 174 valence electrons. The summed E-state index contributed by atoms with van der Waals surface area (Å²) >= 11 is 5.36. The smallest absolute Gasteiger partial charge is 0.336 e. The molecule has 0 aliphatic carbocycles. The first-order chi connectivity index (χ1) is 17.6. The molecular weight excluding hydrogens is 468 g/mol. The number of H-pyrrole nitrogens is 1. The maximum absolute atomic E-state index is 12.3. The second-order valence-corrected chi connectivity index (χ2v) is 8.81. The summed E-state index contributed by atoms with van der Waals surface area (Å²) in [5.41, 5.74) is 4.63. The topological polar surface area (TPSA) is 68.1 Å². The van der Waals surface area contributed by atoms with E-state index in [1.54, 1.807) is 0 Å². The van der Waals surface area contributed by atoms with Crippen LogP contribution in [0, 0.1) is 4.77 Å². The van der Waals surface area contributed by atoms with Crippen molar-refractivity contribution in [2.75, 3.05) is 0 Å². The second kappa shape index (κ2) is 9.24. The standard InChI is InChI=1S/C30H20N2O3S/c33-28-16-22(25-15-12-19-6-4-5-9-24(19)29(25)35-28)18-34-23-13-10-21(11-14-23)27-17-26(31-30(36)32-27)20-7-2-1-3-8-20/h1-17H,18H2,(H,31,32,36). The summed E-state index contributed by atoms with van der Waals surface area (Å²) in [6.07, 6.45) is 0. The van der Waals surface area contributed by atoms with Crippen LogP contribution >= 0.6 is 12.2 Å². The highest BCUT2D eigenvalue weighted by Gasteiger charge is 2.10. The lowest BCUT2D eigenvalue weighted by molar-refractivity contribution is 0.306. The van der Waals surface area contributed by atoms with Crippen LogP contribution in [0.4, 0.5) is 0 Å². The summed E-state index contributed by atoms with van der Waals surface area (Å²) < 4.78 is 12.0. The zero-order valence-corrected chi connectivity index (χ0v) is 19.9. The Balaban J connectivity index is 1.27. The molecule has 0 aliphatic heterocycles. The lowest BCUT2D eigenvalue weighted by Gasteiger charge is -2.11. The molecule has 1 N–H and O–H groups in total. The van der Waals surface area contributed by atoms with Crippen LogP contribution in [0.1, 0.15) is 5.56 Å². The number of rotatable bonds is 5. The predicted molar refractivity (Wildman–Crippen MR) is 145 cm³/mol. The molecule has 6 rings (SSSR count). The van der Waals surface area contributed by atoms with E-state index in [4.69, 9.17) is 21.4 Å². The normalized spacial score (nSPS) is 11.1. The van der Waals surface area contributed by atoms with Gasteiger partial charge in [0.05, 0.1) is 5.69 Å². The van der Waals surface area contributed by atoms with Crippen LogP contribution in [0.2, 0.25) is 0 Å². The molecule has 5 nitrogen and oxygen atoms in total. The molecular formula is C30H20N2O3S. The molecule has 6 aromatic rings.